The summed E-state index contributed by atoms with van der Waals surface area (Å²) in [6.07, 6.45) is 3.65. The van der Waals surface area contributed by atoms with E-state index in [0.717, 1.165) is 50.2 Å². The molecule has 8 rings (SSSR count). The standard InChI is InChI=1S/C44H40N5O.Pt/c1-43(2,3)31-15-12-29(13-16-31)30-14-19-37-36(24-30)35-18-17-34(27-40(35)49(37)41-25-32(20-22-45-41)44(4,5)6)50-42-26-33(21-23-46-42)48-28-47(7)38-10-8-9-11-39(38)48;/h8-25,28H,1-7H3;/q-3;. The van der Waals surface area contributed by atoms with Crippen molar-refractivity contribution in [3.05, 3.63) is 139 Å². The van der Waals surface area contributed by atoms with Crippen LogP contribution in [0.2, 0.25) is 0 Å². The minimum Gasteiger partial charge on any atom is -0.504 e. The third-order valence-corrected chi connectivity index (χ3v) is 9.51. The molecule has 3 aromatic heterocycles. The zero-order valence-corrected chi connectivity index (χ0v) is 32.2. The van der Waals surface area contributed by atoms with Crippen LogP contribution in [0, 0.1) is 18.8 Å². The van der Waals surface area contributed by atoms with Crippen molar-refractivity contribution in [3.63, 3.8) is 0 Å². The molecule has 7 heteroatoms. The van der Waals surface area contributed by atoms with E-state index < -0.39 is 0 Å². The Morgan fingerprint density at radius 1 is 0.667 bits per heavy atom. The number of ether oxygens (including phenoxy) is 1. The summed E-state index contributed by atoms with van der Waals surface area (Å²) in [4.78, 5) is 13.6. The Bertz CT molecular complexity index is 2380. The minimum absolute atomic E-state index is 0. The van der Waals surface area contributed by atoms with E-state index >= 15 is 0 Å². The Morgan fingerprint density at radius 3 is 2.12 bits per heavy atom. The van der Waals surface area contributed by atoms with Crippen LogP contribution in [-0.4, -0.2) is 21.6 Å². The van der Waals surface area contributed by atoms with Gasteiger partial charge in [-0.15, -0.1) is 17.5 Å². The van der Waals surface area contributed by atoms with Crippen molar-refractivity contribution in [1.82, 2.24) is 14.5 Å². The number of hydrogen-bond acceptors (Lipinski definition) is 5. The average Bonchev–Trinajstić information content (AvgIpc) is 3.61. The molecule has 0 amide bonds. The monoisotopic (exact) mass is 849 g/mol. The van der Waals surface area contributed by atoms with Crippen molar-refractivity contribution >= 4 is 38.9 Å². The van der Waals surface area contributed by atoms with E-state index in [1.54, 1.807) is 6.20 Å². The van der Waals surface area contributed by atoms with Gasteiger partial charge in [0.2, 0.25) is 0 Å². The summed E-state index contributed by atoms with van der Waals surface area (Å²) >= 11 is 0. The van der Waals surface area contributed by atoms with Crippen LogP contribution in [0.3, 0.4) is 0 Å². The van der Waals surface area contributed by atoms with Crippen molar-refractivity contribution in [2.45, 2.75) is 52.4 Å². The number of nitrogens with zero attached hydrogens (tertiary/aromatic N) is 5. The van der Waals surface area contributed by atoms with E-state index in [1.807, 2.05) is 44.2 Å². The molecule has 7 aromatic rings. The van der Waals surface area contributed by atoms with E-state index in [0.29, 0.717) is 11.6 Å². The fourth-order valence-corrected chi connectivity index (χ4v) is 6.68. The van der Waals surface area contributed by atoms with Gasteiger partial charge in [0.05, 0.1) is 0 Å². The van der Waals surface area contributed by atoms with Gasteiger partial charge in [0.25, 0.3) is 0 Å². The Morgan fingerprint density at radius 2 is 1.37 bits per heavy atom. The molecule has 0 unspecified atom stereocenters. The van der Waals surface area contributed by atoms with E-state index in [2.05, 4.69) is 146 Å². The zero-order valence-electron chi connectivity index (χ0n) is 29.9. The van der Waals surface area contributed by atoms with Crippen LogP contribution in [-0.2, 0) is 31.9 Å². The van der Waals surface area contributed by atoms with Gasteiger partial charge < -0.3 is 19.1 Å². The van der Waals surface area contributed by atoms with Crippen molar-refractivity contribution in [2.75, 3.05) is 16.8 Å². The van der Waals surface area contributed by atoms with Crippen LogP contribution in [0.15, 0.2) is 109 Å². The molecule has 0 atom stereocenters. The molecule has 0 fully saturated rings. The predicted octanol–water partition coefficient (Wildman–Crippen LogP) is 10.9. The van der Waals surface area contributed by atoms with Crippen LogP contribution in [0.25, 0.3) is 38.8 Å². The molecular formula is C44H40N5OPt-3. The molecule has 4 heterocycles. The number of anilines is 3. The number of aromatic nitrogens is 3. The Labute approximate surface area is 315 Å². The second-order valence-electron chi connectivity index (χ2n) is 15.1. The third kappa shape index (κ3) is 6.42. The van der Waals surface area contributed by atoms with Gasteiger partial charge in [-0.05, 0) is 82.0 Å². The third-order valence-electron chi connectivity index (χ3n) is 9.51. The molecule has 260 valence electrons. The maximum Gasteiger partial charge on any atom is 0.135 e. The average molecular weight is 850 g/mol. The Kier molecular flexibility index (Phi) is 8.79. The number of fused-ring (bicyclic) bond motifs is 4. The second kappa shape index (κ2) is 13.0. The largest absolute Gasteiger partial charge is 0.504 e. The van der Waals surface area contributed by atoms with E-state index in [1.165, 1.54) is 16.7 Å². The molecule has 1 aliphatic rings. The van der Waals surface area contributed by atoms with Crippen LogP contribution in [0.5, 0.6) is 11.6 Å². The van der Waals surface area contributed by atoms with Gasteiger partial charge in [-0.25, -0.2) is 4.98 Å². The van der Waals surface area contributed by atoms with Gasteiger partial charge >= 0.3 is 0 Å². The smallest absolute Gasteiger partial charge is 0.135 e. The molecule has 0 N–H and O–H groups in total. The molecule has 0 aliphatic carbocycles. The fraction of sp³-hybridized carbons (Fsp3) is 0.205. The van der Waals surface area contributed by atoms with Crippen LogP contribution in [0.4, 0.5) is 17.1 Å². The molecule has 0 bridgehead atoms. The van der Waals surface area contributed by atoms with Gasteiger partial charge in [-0.3, -0.25) is 4.98 Å². The molecule has 0 saturated carbocycles. The van der Waals surface area contributed by atoms with Crippen molar-refractivity contribution in [1.29, 1.82) is 0 Å². The molecule has 6 nitrogen and oxygen atoms in total. The fourth-order valence-electron chi connectivity index (χ4n) is 6.68. The predicted molar refractivity (Wildman–Crippen MR) is 205 cm³/mol. The molecule has 51 heavy (non-hydrogen) atoms. The van der Waals surface area contributed by atoms with Gasteiger partial charge in [0.1, 0.15) is 11.7 Å². The van der Waals surface area contributed by atoms with E-state index in [4.69, 9.17) is 9.72 Å². The number of pyridine rings is 2. The topological polar surface area (TPSA) is 46.4 Å². The molecular weight excluding hydrogens is 810 g/mol. The minimum atomic E-state index is -0.0323. The second-order valence-corrected chi connectivity index (χ2v) is 15.1. The first-order valence-corrected chi connectivity index (χ1v) is 17.0. The van der Waals surface area contributed by atoms with Crippen LogP contribution in [0.1, 0.15) is 52.7 Å². The van der Waals surface area contributed by atoms with Gasteiger partial charge in [0.15, 0.2) is 0 Å². The van der Waals surface area contributed by atoms with Crippen LogP contribution >= 0.6 is 0 Å². The first-order chi connectivity index (χ1) is 23.9. The van der Waals surface area contributed by atoms with Crippen molar-refractivity contribution < 1.29 is 25.8 Å². The van der Waals surface area contributed by atoms with Gasteiger partial charge in [-0.1, -0.05) is 95.6 Å². The maximum absolute atomic E-state index is 6.39. The van der Waals surface area contributed by atoms with E-state index in [-0.39, 0.29) is 31.9 Å². The number of rotatable bonds is 5. The number of para-hydroxylation sites is 2. The maximum atomic E-state index is 6.39. The number of hydrogen-bond donors (Lipinski definition) is 0. The molecule has 1 aliphatic heterocycles. The normalized spacial score (nSPS) is 13.1. The summed E-state index contributed by atoms with van der Waals surface area (Å²) in [5.74, 6) is 1.76. The summed E-state index contributed by atoms with van der Waals surface area (Å²) < 4.78 is 8.58. The summed E-state index contributed by atoms with van der Waals surface area (Å²) in [5, 5.41) is 2.20. The number of benzene rings is 4. The first kappa shape index (κ1) is 34.5. The van der Waals surface area contributed by atoms with Gasteiger partial charge in [-0.2, -0.15) is 30.6 Å². The SMILES string of the molecule is CN1[CH-]N(c2[c-]c(Oc3[c-]c4c(cc3)c3cc(-c5ccc(C(C)(C)C)cc5)ccc3n4-c3cc(C(C)(C)C)ccn3)ncc2)c2ccccc21.[Pt]. The first-order valence-electron chi connectivity index (χ1n) is 17.0. The van der Waals surface area contributed by atoms with Crippen LogP contribution < -0.4 is 14.5 Å². The summed E-state index contributed by atoms with van der Waals surface area (Å²) in [6, 6.07) is 41.1. The van der Waals surface area contributed by atoms with E-state index in [9.17, 15) is 0 Å². The van der Waals surface area contributed by atoms with Crippen molar-refractivity contribution in [3.8, 4) is 28.6 Å². The Hall–Kier alpha value is -4.93. The summed E-state index contributed by atoms with van der Waals surface area (Å²) in [5.41, 5.74) is 9.93. The quantitative estimate of drug-likeness (QED) is 0.162. The van der Waals surface area contributed by atoms with Gasteiger partial charge in [0, 0.05) is 49.9 Å². The van der Waals surface area contributed by atoms with Crippen molar-refractivity contribution in [2.24, 2.45) is 0 Å². The summed E-state index contributed by atoms with van der Waals surface area (Å²) in [6.45, 7) is 15.5. The summed E-state index contributed by atoms with van der Waals surface area (Å²) in [7, 11) is 2.04. The molecule has 0 saturated heterocycles. The molecule has 0 spiro atoms. The molecule has 0 radical (unpaired) electrons. The molecule has 4 aromatic carbocycles. The zero-order chi connectivity index (χ0) is 34.8. The Balaban J connectivity index is 0.00000406.